The summed E-state index contributed by atoms with van der Waals surface area (Å²) in [6.45, 7) is 6.42. The molecule has 0 saturated carbocycles. The lowest BCUT2D eigenvalue weighted by molar-refractivity contribution is 0.0787. The Bertz CT molecular complexity index is 918. The predicted molar refractivity (Wildman–Crippen MR) is 120 cm³/mol. The molecule has 30 heavy (non-hydrogen) atoms. The Hall–Kier alpha value is -2.31. The van der Waals surface area contributed by atoms with Crippen LogP contribution in [0.3, 0.4) is 0 Å². The lowest BCUT2D eigenvalue weighted by Gasteiger charge is -2.36. The van der Waals surface area contributed by atoms with Crippen molar-refractivity contribution in [3.05, 3.63) is 52.8 Å². The minimum Gasteiger partial charge on any atom is -0.369 e. The molecular formula is C23H29ClN4O2. The Morgan fingerprint density at radius 1 is 0.967 bits per heavy atom. The number of carbonyl (C=O) groups excluding carboxylic acids is 2. The summed E-state index contributed by atoms with van der Waals surface area (Å²) in [5.74, 6) is 0.0250. The number of ketones is 1. The number of halogens is 1. The fourth-order valence-corrected chi connectivity index (χ4v) is 4.51. The molecule has 0 atom stereocenters. The number of anilines is 1. The van der Waals surface area contributed by atoms with Crippen LogP contribution in [0.5, 0.6) is 0 Å². The summed E-state index contributed by atoms with van der Waals surface area (Å²) in [5.41, 5.74) is 2.34. The molecule has 0 aliphatic carbocycles. The number of amides is 1. The second-order valence-corrected chi connectivity index (χ2v) is 8.62. The van der Waals surface area contributed by atoms with Crippen molar-refractivity contribution in [2.24, 2.45) is 0 Å². The zero-order chi connectivity index (χ0) is 21.1. The van der Waals surface area contributed by atoms with Crippen molar-refractivity contribution in [3.8, 4) is 0 Å². The van der Waals surface area contributed by atoms with Gasteiger partial charge in [0.25, 0.3) is 5.91 Å². The van der Waals surface area contributed by atoms with Crippen molar-refractivity contribution in [1.82, 2.24) is 14.4 Å². The Kier molecular flexibility index (Phi) is 6.44. The molecule has 0 unspecified atom stereocenters. The van der Waals surface area contributed by atoms with Crippen LogP contribution in [-0.2, 0) is 6.54 Å². The first-order valence-electron chi connectivity index (χ1n) is 10.7. The highest BCUT2D eigenvalue weighted by Gasteiger charge is 2.28. The highest BCUT2D eigenvalue weighted by atomic mass is 35.5. The van der Waals surface area contributed by atoms with Crippen LogP contribution >= 0.6 is 11.6 Å². The topological polar surface area (TPSA) is 48.8 Å². The van der Waals surface area contributed by atoms with Gasteiger partial charge in [0.2, 0.25) is 0 Å². The van der Waals surface area contributed by atoms with Crippen molar-refractivity contribution in [2.75, 3.05) is 51.2 Å². The maximum Gasteiger partial charge on any atom is 0.270 e. The Balaban J connectivity index is 1.25. The van der Waals surface area contributed by atoms with E-state index in [2.05, 4.69) is 15.9 Å². The smallest absolute Gasteiger partial charge is 0.270 e. The van der Waals surface area contributed by atoms with Crippen LogP contribution < -0.4 is 4.90 Å². The largest absolute Gasteiger partial charge is 0.369 e. The summed E-state index contributed by atoms with van der Waals surface area (Å²) in [6.07, 6.45) is 4.35. The molecule has 2 aliphatic rings. The minimum absolute atomic E-state index is 0.0435. The van der Waals surface area contributed by atoms with Gasteiger partial charge in [0, 0.05) is 75.2 Å². The second kappa shape index (κ2) is 9.23. The Morgan fingerprint density at radius 2 is 1.73 bits per heavy atom. The molecular weight excluding hydrogens is 400 g/mol. The standard InChI is InChI=1S/C23H29ClN4O2/c1-25-11-8-21(29)20-7-12-28(22(20)23(25)30)10-3-2-9-26-13-15-27(16-14-26)19-6-4-5-18(24)17-19/h4-7,12,17H,2-3,8-11,13-16H2,1H3. The number of nitrogens with zero attached hydrogens (tertiary/aromatic N) is 4. The van der Waals surface area contributed by atoms with E-state index < -0.39 is 0 Å². The molecule has 1 aromatic carbocycles. The van der Waals surface area contributed by atoms with E-state index in [1.807, 2.05) is 35.0 Å². The summed E-state index contributed by atoms with van der Waals surface area (Å²) in [6, 6.07) is 9.87. The molecule has 1 aromatic heterocycles. The van der Waals surface area contributed by atoms with Gasteiger partial charge >= 0.3 is 0 Å². The van der Waals surface area contributed by atoms with Crippen LogP contribution in [0.15, 0.2) is 36.5 Å². The number of fused-ring (bicyclic) bond motifs is 1. The molecule has 7 heteroatoms. The summed E-state index contributed by atoms with van der Waals surface area (Å²) in [4.78, 5) is 31.5. The van der Waals surface area contributed by atoms with Gasteiger partial charge in [-0.25, -0.2) is 0 Å². The molecule has 2 aromatic rings. The van der Waals surface area contributed by atoms with Crippen molar-refractivity contribution in [3.63, 3.8) is 0 Å². The van der Waals surface area contributed by atoms with E-state index in [0.29, 0.717) is 24.2 Å². The van der Waals surface area contributed by atoms with Gasteiger partial charge in [0.05, 0.1) is 0 Å². The third-order valence-corrected chi connectivity index (χ3v) is 6.39. The molecule has 0 bridgehead atoms. The number of benzene rings is 1. The van der Waals surface area contributed by atoms with Gasteiger partial charge in [-0.2, -0.15) is 0 Å². The van der Waals surface area contributed by atoms with Crippen LogP contribution in [0.1, 0.15) is 40.1 Å². The molecule has 0 N–H and O–H groups in total. The van der Waals surface area contributed by atoms with Gasteiger partial charge in [0.15, 0.2) is 5.78 Å². The number of hydrogen-bond acceptors (Lipinski definition) is 4. The average Bonchev–Trinajstić information content (AvgIpc) is 3.14. The first-order chi connectivity index (χ1) is 14.5. The van der Waals surface area contributed by atoms with E-state index in [1.54, 1.807) is 11.9 Å². The van der Waals surface area contributed by atoms with E-state index in [9.17, 15) is 9.59 Å². The number of unbranched alkanes of at least 4 members (excludes halogenated alkanes) is 1. The first kappa shape index (κ1) is 20.9. The zero-order valence-electron chi connectivity index (χ0n) is 17.5. The lowest BCUT2D eigenvalue weighted by atomic mass is 10.1. The highest BCUT2D eigenvalue weighted by molar-refractivity contribution is 6.30. The molecule has 6 nitrogen and oxygen atoms in total. The summed E-state index contributed by atoms with van der Waals surface area (Å²) >= 11 is 6.12. The molecule has 0 spiro atoms. The van der Waals surface area contributed by atoms with E-state index >= 15 is 0 Å². The van der Waals surface area contributed by atoms with Crippen molar-refractivity contribution >= 4 is 29.0 Å². The predicted octanol–water partition coefficient (Wildman–Crippen LogP) is 3.40. The van der Waals surface area contributed by atoms with Gasteiger partial charge < -0.3 is 14.4 Å². The number of piperazine rings is 1. The fourth-order valence-electron chi connectivity index (χ4n) is 4.33. The maximum atomic E-state index is 12.6. The molecule has 3 heterocycles. The lowest BCUT2D eigenvalue weighted by Crippen LogP contribution is -2.46. The minimum atomic E-state index is -0.0435. The monoisotopic (exact) mass is 428 g/mol. The van der Waals surface area contributed by atoms with E-state index in [4.69, 9.17) is 11.6 Å². The summed E-state index contributed by atoms with van der Waals surface area (Å²) < 4.78 is 1.97. The van der Waals surface area contributed by atoms with Crippen LogP contribution in [0.2, 0.25) is 5.02 Å². The molecule has 2 aliphatic heterocycles. The quantitative estimate of drug-likeness (QED) is 0.661. The molecule has 4 rings (SSSR count). The van der Waals surface area contributed by atoms with Crippen LogP contribution in [0.4, 0.5) is 5.69 Å². The number of aromatic nitrogens is 1. The van der Waals surface area contributed by atoms with Crippen molar-refractivity contribution in [2.45, 2.75) is 25.8 Å². The average molecular weight is 429 g/mol. The van der Waals surface area contributed by atoms with Crippen LogP contribution in [0, 0.1) is 0 Å². The molecule has 1 fully saturated rings. The molecule has 160 valence electrons. The van der Waals surface area contributed by atoms with E-state index in [-0.39, 0.29) is 11.7 Å². The van der Waals surface area contributed by atoms with Crippen LogP contribution in [0.25, 0.3) is 0 Å². The highest BCUT2D eigenvalue weighted by Crippen LogP contribution is 2.22. The maximum absolute atomic E-state index is 12.6. The number of aryl methyl sites for hydroxylation is 1. The Labute approximate surface area is 183 Å². The SMILES string of the molecule is CN1CCC(=O)c2ccn(CCCCN3CCN(c4cccc(Cl)c4)CC3)c2C1=O. The molecule has 0 radical (unpaired) electrons. The number of hydrogen-bond donors (Lipinski definition) is 0. The van der Waals surface area contributed by atoms with Crippen molar-refractivity contribution in [1.29, 1.82) is 0 Å². The summed E-state index contributed by atoms with van der Waals surface area (Å²) in [5, 5.41) is 0.782. The van der Waals surface area contributed by atoms with Crippen molar-refractivity contribution < 1.29 is 9.59 Å². The third-order valence-electron chi connectivity index (χ3n) is 6.16. The number of rotatable bonds is 6. The van der Waals surface area contributed by atoms with Gasteiger partial charge in [-0.3, -0.25) is 14.5 Å². The van der Waals surface area contributed by atoms with Gasteiger partial charge in [-0.05, 0) is 43.7 Å². The second-order valence-electron chi connectivity index (χ2n) is 8.19. The third kappa shape index (κ3) is 4.55. The number of carbonyl (C=O) groups is 2. The van der Waals surface area contributed by atoms with Gasteiger partial charge in [0.1, 0.15) is 5.69 Å². The number of Topliss-reactive ketones (excluding diaryl/α,β-unsaturated/α-hetero) is 1. The van der Waals surface area contributed by atoms with Gasteiger partial charge in [-0.1, -0.05) is 17.7 Å². The zero-order valence-corrected chi connectivity index (χ0v) is 18.3. The normalized spacial score (nSPS) is 17.9. The molecule has 1 amide bonds. The first-order valence-corrected chi connectivity index (χ1v) is 11.1. The Morgan fingerprint density at radius 3 is 2.50 bits per heavy atom. The summed E-state index contributed by atoms with van der Waals surface area (Å²) in [7, 11) is 1.77. The molecule has 1 saturated heterocycles. The van der Waals surface area contributed by atoms with Crippen LogP contribution in [-0.4, -0.2) is 72.4 Å². The van der Waals surface area contributed by atoms with E-state index in [0.717, 1.165) is 57.1 Å². The van der Waals surface area contributed by atoms with E-state index in [1.165, 1.54) is 5.69 Å². The fraction of sp³-hybridized carbons (Fsp3) is 0.478. The van der Waals surface area contributed by atoms with Gasteiger partial charge in [-0.15, -0.1) is 0 Å².